The first-order valence-electron chi connectivity index (χ1n) is 4.42. The lowest BCUT2D eigenvalue weighted by Crippen LogP contribution is -2.09. The van der Waals surface area contributed by atoms with E-state index in [-0.39, 0.29) is 0 Å². The van der Waals surface area contributed by atoms with Crippen LogP contribution in [0.15, 0.2) is 5.38 Å². The van der Waals surface area contributed by atoms with Crippen molar-refractivity contribution >= 4 is 11.3 Å². The molecule has 2 nitrogen and oxygen atoms in total. The molecule has 0 fully saturated rings. The Balaban J connectivity index is 2.63. The zero-order chi connectivity index (χ0) is 8.97. The summed E-state index contributed by atoms with van der Waals surface area (Å²) in [5.74, 6) is 0.409. The summed E-state index contributed by atoms with van der Waals surface area (Å²) in [5, 5.41) is 3.37. The van der Waals surface area contributed by atoms with Crippen LogP contribution in [0.4, 0.5) is 0 Å². The molecule has 0 saturated heterocycles. The van der Waals surface area contributed by atoms with Crippen molar-refractivity contribution < 1.29 is 0 Å². The second-order valence-corrected chi connectivity index (χ2v) is 4.00. The number of hydrogen-bond acceptors (Lipinski definition) is 3. The van der Waals surface area contributed by atoms with Crippen LogP contribution in [0.2, 0.25) is 0 Å². The third-order valence-corrected chi connectivity index (χ3v) is 2.82. The van der Waals surface area contributed by atoms with E-state index in [2.05, 4.69) is 24.2 Å². The molecule has 0 spiro atoms. The van der Waals surface area contributed by atoms with Crippen molar-refractivity contribution in [3.05, 3.63) is 16.1 Å². The van der Waals surface area contributed by atoms with Gasteiger partial charge < -0.3 is 5.73 Å². The summed E-state index contributed by atoms with van der Waals surface area (Å²) in [6, 6.07) is 0. The Hall–Kier alpha value is -0.410. The molecule has 0 aromatic carbocycles. The summed E-state index contributed by atoms with van der Waals surface area (Å²) in [6.45, 7) is 4.98. The van der Waals surface area contributed by atoms with Crippen molar-refractivity contribution in [2.45, 2.75) is 32.6 Å². The zero-order valence-electron chi connectivity index (χ0n) is 7.71. The van der Waals surface area contributed by atoms with E-state index >= 15 is 0 Å². The average molecular weight is 184 g/mol. The van der Waals surface area contributed by atoms with Gasteiger partial charge in [0.15, 0.2) is 0 Å². The van der Waals surface area contributed by atoms with Crippen molar-refractivity contribution in [3.8, 4) is 0 Å². The summed E-state index contributed by atoms with van der Waals surface area (Å²) in [6.07, 6.45) is 2.27. The molecule has 0 radical (unpaired) electrons. The van der Waals surface area contributed by atoms with Crippen molar-refractivity contribution in [2.24, 2.45) is 5.73 Å². The molecule has 1 rings (SSSR count). The summed E-state index contributed by atoms with van der Waals surface area (Å²) in [7, 11) is 0. The van der Waals surface area contributed by atoms with Gasteiger partial charge in [-0.15, -0.1) is 11.3 Å². The van der Waals surface area contributed by atoms with Crippen LogP contribution in [0, 0.1) is 0 Å². The third-order valence-electron chi connectivity index (χ3n) is 1.89. The predicted molar refractivity (Wildman–Crippen MR) is 53.6 cm³/mol. The molecule has 1 atom stereocenters. The van der Waals surface area contributed by atoms with E-state index in [0.717, 1.165) is 12.1 Å². The van der Waals surface area contributed by atoms with E-state index in [9.17, 15) is 0 Å². The van der Waals surface area contributed by atoms with Gasteiger partial charge in [0.2, 0.25) is 0 Å². The lowest BCUT2D eigenvalue weighted by molar-refractivity contribution is 0.744. The Morgan fingerprint density at radius 1 is 1.67 bits per heavy atom. The van der Waals surface area contributed by atoms with Crippen LogP contribution in [-0.4, -0.2) is 11.5 Å². The van der Waals surface area contributed by atoms with E-state index in [1.165, 1.54) is 11.4 Å². The zero-order valence-corrected chi connectivity index (χ0v) is 8.53. The highest BCUT2D eigenvalue weighted by Gasteiger charge is 2.07. The van der Waals surface area contributed by atoms with E-state index < -0.39 is 0 Å². The first-order chi connectivity index (χ1) is 5.77. The van der Waals surface area contributed by atoms with Gasteiger partial charge in [-0.25, -0.2) is 4.98 Å². The van der Waals surface area contributed by atoms with Crippen LogP contribution in [0.3, 0.4) is 0 Å². The van der Waals surface area contributed by atoms with Crippen molar-refractivity contribution in [2.75, 3.05) is 6.54 Å². The lowest BCUT2D eigenvalue weighted by atomic mass is 10.1. The highest BCUT2D eigenvalue weighted by Crippen LogP contribution is 2.18. The topological polar surface area (TPSA) is 38.9 Å². The van der Waals surface area contributed by atoms with E-state index in [1.807, 2.05) is 0 Å². The fourth-order valence-electron chi connectivity index (χ4n) is 1.00. The number of aromatic nitrogens is 1. The number of nitrogens with zero attached hydrogens (tertiary/aromatic N) is 1. The number of thiazole rings is 1. The second kappa shape index (κ2) is 4.58. The average Bonchev–Trinajstić information content (AvgIpc) is 2.52. The molecule has 3 heteroatoms. The minimum Gasteiger partial charge on any atom is -0.330 e. The summed E-state index contributed by atoms with van der Waals surface area (Å²) >= 11 is 1.75. The maximum absolute atomic E-state index is 5.55. The van der Waals surface area contributed by atoms with Gasteiger partial charge in [0, 0.05) is 17.8 Å². The van der Waals surface area contributed by atoms with Gasteiger partial charge in [0.25, 0.3) is 0 Å². The number of hydrogen-bond donors (Lipinski definition) is 1. The molecule has 68 valence electrons. The summed E-state index contributed by atoms with van der Waals surface area (Å²) < 4.78 is 0. The minimum atomic E-state index is 0.409. The Kier molecular flexibility index (Phi) is 3.69. The molecule has 0 saturated carbocycles. The fourth-order valence-corrected chi connectivity index (χ4v) is 2.02. The van der Waals surface area contributed by atoms with E-state index in [1.54, 1.807) is 11.3 Å². The molecule has 1 heterocycles. The Morgan fingerprint density at radius 3 is 3.00 bits per heavy atom. The van der Waals surface area contributed by atoms with Crippen LogP contribution in [0.25, 0.3) is 0 Å². The molecule has 0 aliphatic heterocycles. The molecule has 1 aromatic heterocycles. The van der Waals surface area contributed by atoms with Crippen molar-refractivity contribution in [1.29, 1.82) is 0 Å². The van der Waals surface area contributed by atoms with Gasteiger partial charge in [-0.2, -0.15) is 0 Å². The number of rotatable bonds is 4. The molecule has 0 bridgehead atoms. The van der Waals surface area contributed by atoms with Crippen molar-refractivity contribution in [1.82, 2.24) is 4.98 Å². The van der Waals surface area contributed by atoms with Crippen LogP contribution in [0.1, 0.15) is 36.9 Å². The predicted octanol–water partition coefficient (Wildman–Crippen LogP) is 2.16. The van der Waals surface area contributed by atoms with Gasteiger partial charge in [0.05, 0.1) is 10.7 Å². The molecular formula is C9H16N2S. The van der Waals surface area contributed by atoms with E-state index in [4.69, 9.17) is 5.73 Å². The van der Waals surface area contributed by atoms with Crippen LogP contribution < -0.4 is 5.73 Å². The largest absolute Gasteiger partial charge is 0.330 e. The molecule has 1 aromatic rings. The van der Waals surface area contributed by atoms with Crippen molar-refractivity contribution in [3.63, 3.8) is 0 Å². The Morgan fingerprint density at radius 2 is 2.42 bits per heavy atom. The summed E-state index contributed by atoms with van der Waals surface area (Å²) in [4.78, 5) is 4.51. The highest BCUT2D eigenvalue weighted by atomic mass is 32.1. The van der Waals surface area contributed by atoms with Gasteiger partial charge in [0.1, 0.15) is 0 Å². The second-order valence-electron chi connectivity index (χ2n) is 3.05. The molecule has 0 aliphatic rings. The van der Waals surface area contributed by atoms with E-state index in [0.29, 0.717) is 12.5 Å². The quantitative estimate of drug-likeness (QED) is 0.778. The summed E-state index contributed by atoms with van der Waals surface area (Å²) in [5.41, 5.74) is 6.71. The Labute approximate surface area is 77.8 Å². The number of nitrogens with two attached hydrogens (primary N) is 1. The fraction of sp³-hybridized carbons (Fsp3) is 0.667. The normalized spacial score (nSPS) is 13.2. The smallest absolute Gasteiger partial charge is 0.0928 e. The van der Waals surface area contributed by atoms with Crippen LogP contribution in [0.5, 0.6) is 0 Å². The van der Waals surface area contributed by atoms with Gasteiger partial charge >= 0.3 is 0 Å². The molecule has 12 heavy (non-hydrogen) atoms. The molecule has 2 N–H and O–H groups in total. The monoisotopic (exact) mass is 184 g/mol. The SMILES string of the molecule is CCCc1nc(C(C)CN)cs1. The molecule has 1 unspecified atom stereocenters. The van der Waals surface area contributed by atoms with Crippen LogP contribution in [-0.2, 0) is 6.42 Å². The maximum Gasteiger partial charge on any atom is 0.0928 e. The highest BCUT2D eigenvalue weighted by molar-refractivity contribution is 7.09. The minimum absolute atomic E-state index is 0.409. The van der Waals surface area contributed by atoms with Gasteiger partial charge in [-0.05, 0) is 12.8 Å². The molecule has 0 aliphatic carbocycles. The Bertz CT molecular complexity index is 232. The first-order valence-corrected chi connectivity index (χ1v) is 5.30. The molecule has 0 amide bonds. The van der Waals surface area contributed by atoms with Gasteiger partial charge in [-0.3, -0.25) is 0 Å². The lowest BCUT2D eigenvalue weighted by Gasteiger charge is -2.02. The molecular weight excluding hydrogens is 168 g/mol. The standard InChI is InChI=1S/C9H16N2S/c1-3-4-9-11-8(6-12-9)7(2)5-10/h6-7H,3-5,10H2,1-2H3. The maximum atomic E-state index is 5.55. The number of aryl methyl sites for hydroxylation is 1. The van der Waals surface area contributed by atoms with Gasteiger partial charge in [-0.1, -0.05) is 13.8 Å². The van der Waals surface area contributed by atoms with Crippen LogP contribution >= 0.6 is 11.3 Å². The third kappa shape index (κ3) is 2.29. The first kappa shape index (κ1) is 9.68.